The Morgan fingerprint density at radius 2 is 1.88 bits per heavy atom. The summed E-state index contributed by atoms with van der Waals surface area (Å²) in [5.74, 6) is 1.22. The largest absolute Gasteiger partial charge is 0.493 e. The Morgan fingerprint density at radius 3 is 2.61 bits per heavy atom. The zero-order valence-electron chi connectivity index (χ0n) is 17.6. The van der Waals surface area contributed by atoms with Crippen molar-refractivity contribution in [1.82, 2.24) is 4.98 Å². The Hall–Kier alpha value is -3.30. The van der Waals surface area contributed by atoms with Crippen molar-refractivity contribution in [3.05, 3.63) is 98.3 Å². The van der Waals surface area contributed by atoms with Crippen molar-refractivity contribution >= 4 is 46.2 Å². The maximum atomic E-state index is 9.75. The lowest BCUT2D eigenvalue weighted by molar-refractivity contribution is 0.284. The van der Waals surface area contributed by atoms with Crippen LogP contribution in [0.1, 0.15) is 16.1 Å². The fraction of sp³-hybridized carbons (Fsp3) is 0.0769. The average molecular weight is 493 g/mol. The number of hydrogen-bond acceptors (Lipinski definition) is 5. The minimum atomic E-state index is 0.435. The third kappa shape index (κ3) is 5.55. The van der Waals surface area contributed by atoms with E-state index >= 15 is 0 Å². The summed E-state index contributed by atoms with van der Waals surface area (Å²) in [5, 5.41) is 13.3. The van der Waals surface area contributed by atoms with Gasteiger partial charge in [-0.25, -0.2) is 4.98 Å². The lowest BCUT2D eigenvalue weighted by Crippen LogP contribution is -1.97. The molecule has 0 saturated heterocycles. The second-order valence-electron chi connectivity index (χ2n) is 7.02. The number of benzene rings is 3. The minimum absolute atomic E-state index is 0.435. The van der Waals surface area contributed by atoms with Crippen LogP contribution in [0, 0.1) is 11.3 Å². The van der Waals surface area contributed by atoms with Crippen molar-refractivity contribution < 1.29 is 9.47 Å². The van der Waals surface area contributed by atoms with Gasteiger partial charge in [0, 0.05) is 16.0 Å². The van der Waals surface area contributed by atoms with Gasteiger partial charge in [0.25, 0.3) is 0 Å². The number of thiazole rings is 1. The van der Waals surface area contributed by atoms with Crippen LogP contribution in [-0.2, 0) is 6.61 Å². The van der Waals surface area contributed by atoms with Crippen molar-refractivity contribution in [2.45, 2.75) is 6.61 Å². The van der Waals surface area contributed by atoms with Crippen molar-refractivity contribution in [2.75, 3.05) is 7.11 Å². The van der Waals surface area contributed by atoms with Crippen molar-refractivity contribution in [3.63, 3.8) is 0 Å². The van der Waals surface area contributed by atoms with Gasteiger partial charge in [0.15, 0.2) is 11.5 Å². The molecule has 4 aromatic rings. The van der Waals surface area contributed by atoms with Gasteiger partial charge in [0.1, 0.15) is 17.7 Å². The summed E-state index contributed by atoms with van der Waals surface area (Å²) >= 11 is 13.7. The van der Waals surface area contributed by atoms with Gasteiger partial charge in [-0.3, -0.25) is 0 Å². The van der Waals surface area contributed by atoms with E-state index in [9.17, 15) is 5.26 Å². The summed E-state index contributed by atoms with van der Waals surface area (Å²) in [5.41, 5.74) is 3.77. The molecule has 0 radical (unpaired) electrons. The first-order valence-corrected chi connectivity index (χ1v) is 11.6. The lowest BCUT2D eigenvalue weighted by atomic mass is 10.1. The van der Waals surface area contributed by atoms with Gasteiger partial charge in [-0.2, -0.15) is 5.26 Å². The van der Waals surface area contributed by atoms with E-state index in [4.69, 9.17) is 32.7 Å². The van der Waals surface area contributed by atoms with Crippen LogP contribution in [-0.4, -0.2) is 12.1 Å². The quantitative estimate of drug-likeness (QED) is 0.247. The SMILES string of the molecule is COc1cc(/C=C(\C#N)c2nc(-c3ccc(Cl)cc3Cl)cs2)ccc1OCc1ccccc1. The Labute approximate surface area is 206 Å². The number of allylic oxidation sites excluding steroid dienone is 1. The number of rotatable bonds is 7. The van der Waals surface area contributed by atoms with Gasteiger partial charge in [-0.15, -0.1) is 11.3 Å². The second-order valence-corrected chi connectivity index (χ2v) is 8.72. The maximum Gasteiger partial charge on any atom is 0.161 e. The van der Waals surface area contributed by atoms with E-state index in [1.54, 1.807) is 25.3 Å². The Balaban J connectivity index is 1.57. The number of nitriles is 1. The maximum absolute atomic E-state index is 9.75. The molecule has 164 valence electrons. The Kier molecular flexibility index (Phi) is 7.31. The molecule has 0 N–H and O–H groups in total. The second kappa shape index (κ2) is 10.5. The molecule has 4 nitrogen and oxygen atoms in total. The van der Waals surface area contributed by atoms with Gasteiger partial charge >= 0.3 is 0 Å². The molecule has 0 bridgehead atoms. The van der Waals surface area contributed by atoms with Crippen LogP contribution >= 0.6 is 34.5 Å². The predicted octanol–water partition coefficient (Wildman–Crippen LogP) is 7.77. The highest BCUT2D eigenvalue weighted by Gasteiger charge is 2.13. The molecule has 0 aliphatic rings. The molecule has 0 aliphatic carbocycles. The van der Waals surface area contributed by atoms with Gasteiger partial charge in [0.2, 0.25) is 0 Å². The van der Waals surface area contributed by atoms with Crippen molar-refractivity contribution in [2.24, 2.45) is 0 Å². The molecule has 4 rings (SSSR count). The highest BCUT2D eigenvalue weighted by Crippen LogP contribution is 2.34. The van der Waals surface area contributed by atoms with E-state index in [0.717, 1.165) is 16.7 Å². The summed E-state index contributed by atoms with van der Waals surface area (Å²) in [6.45, 7) is 0.435. The van der Waals surface area contributed by atoms with E-state index < -0.39 is 0 Å². The van der Waals surface area contributed by atoms with Crippen LogP contribution in [0.5, 0.6) is 11.5 Å². The smallest absolute Gasteiger partial charge is 0.161 e. The standard InChI is InChI=1S/C26H18Cl2N2O2S/c1-31-25-12-18(7-10-24(25)32-15-17-5-3-2-4-6-17)11-19(14-29)26-30-23(16-33-26)21-9-8-20(27)13-22(21)28/h2-13,16H,15H2,1H3/b19-11+. The van der Waals surface area contributed by atoms with Crippen LogP contribution in [0.3, 0.4) is 0 Å². The van der Waals surface area contributed by atoms with Gasteiger partial charge in [0.05, 0.1) is 23.4 Å². The minimum Gasteiger partial charge on any atom is -0.493 e. The summed E-state index contributed by atoms with van der Waals surface area (Å²) < 4.78 is 11.4. The fourth-order valence-electron chi connectivity index (χ4n) is 3.16. The average Bonchev–Trinajstić information content (AvgIpc) is 3.31. The fourth-order valence-corrected chi connectivity index (χ4v) is 4.45. The van der Waals surface area contributed by atoms with Crippen molar-refractivity contribution in [3.8, 4) is 28.8 Å². The summed E-state index contributed by atoms with van der Waals surface area (Å²) in [7, 11) is 1.59. The van der Waals surface area contributed by atoms with E-state index in [1.165, 1.54) is 11.3 Å². The molecular weight excluding hydrogens is 475 g/mol. The third-order valence-electron chi connectivity index (χ3n) is 4.80. The van der Waals surface area contributed by atoms with E-state index in [0.29, 0.717) is 44.4 Å². The molecule has 0 unspecified atom stereocenters. The number of methoxy groups -OCH3 is 1. The highest BCUT2D eigenvalue weighted by molar-refractivity contribution is 7.11. The molecule has 0 spiro atoms. The highest BCUT2D eigenvalue weighted by atomic mass is 35.5. The van der Waals surface area contributed by atoms with E-state index in [2.05, 4.69) is 11.1 Å². The molecule has 0 amide bonds. The molecule has 3 aromatic carbocycles. The topological polar surface area (TPSA) is 55.1 Å². The summed E-state index contributed by atoms with van der Waals surface area (Å²) in [6.07, 6.45) is 1.77. The van der Waals surface area contributed by atoms with E-state index in [1.807, 2.05) is 60.0 Å². The number of aromatic nitrogens is 1. The van der Waals surface area contributed by atoms with Crippen LogP contribution in [0.25, 0.3) is 22.9 Å². The first-order valence-electron chi connectivity index (χ1n) is 9.95. The monoisotopic (exact) mass is 492 g/mol. The molecule has 1 heterocycles. The molecule has 7 heteroatoms. The third-order valence-corrected chi connectivity index (χ3v) is 6.22. The molecule has 33 heavy (non-hydrogen) atoms. The Bertz CT molecular complexity index is 1340. The summed E-state index contributed by atoms with van der Waals surface area (Å²) in [4.78, 5) is 4.61. The zero-order chi connectivity index (χ0) is 23.2. The first-order chi connectivity index (χ1) is 16.1. The zero-order valence-corrected chi connectivity index (χ0v) is 19.9. The van der Waals surface area contributed by atoms with Crippen LogP contribution in [0.15, 0.2) is 72.1 Å². The molecule has 1 aromatic heterocycles. The first kappa shape index (κ1) is 22.9. The lowest BCUT2D eigenvalue weighted by Gasteiger charge is -2.11. The molecule has 0 fully saturated rings. The molecule has 0 saturated carbocycles. The van der Waals surface area contributed by atoms with Crippen LogP contribution in [0.2, 0.25) is 10.0 Å². The predicted molar refractivity (Wildman–Crippen MR) is 135 cm³/mol. The van der Waals surface area contributed by atoms with Crippen molar-refractivity contribution in [1.29, 1.82) is 5.26 Å². The van der Waals surface area contributed by atoms with Gasteiger partial charge in [-0.1, -0.05) is 59.6 Å². The van der Waals surface area contributed by atoms with E-state index in [-0.39, 0.29) is 0 Å². The molecular formula is C26H18Cl2N2O2S. The van der Waals surface area contributed by atoms with Crippen LogP contribution < -0.4 is 9.47 Å². The van der Waals surface area contributed by atoms with Gasteiger partial charge in [-0.05, 0) is 47.5 Å². The number of ether oxygens (including phenoxy) is 2. The normalized spacial score (nSPS) is 11.2. The number of nitrogens with zero attached hydrogens (tertiary/aromatic N) is 2. The molecule has 0 aliphatic heterocycles. The number of hydrogen-bond donors (Lipinski definition) is 0. The molecule has 0 atom stereocenters. The number of halogens is 2. The summed E-state index contributed by atoms with van der Waals surface area (Å²) in [6, 6.07) is 23.0. The van der Waals surface area contributed by atoms with Crippen LogP contribution in [0.4, 0.5) is 0 Å². The Morgan fingerprint density at radius 1 is 1.06 bits per heavy atom. The van der Waals surface area contributed by atoms with Gasteiger partial charge < -0.3 is 9.47 Å².